The maximum Gasteiger partial charge on any atom is 0.127 e. The molecule has 0 aliphatic heterocycles. The van der Waals surface area contributed by atoms with E-state index < -0.39 is 5.82 Å². The quantitative estimate of drug-likeness (QED) is 0.797. The van der Waals surface area contributed by atoms with Crippen LogP contribution in [0.1, 0.15) is 11.1 Å². The summed E-state index contributed by atoms with van der Waals surface area (Å²) in [7, 11) is 0. The number of halogens is 1. The predicted octanol–water partition coefficient (Wildman–Crippen LogP) is 3.45. The first-order valence-electron chi connectivity index (χ1n) is 6.62. The molecule has 1 N–H and O–H groups in total. The predicted molar refractivity (Wildman–Crippen MR) is 78.4 cm³/mol. The monoisotopic (exact) mass is 283 g/mol. The van der Waals surface area contributed by atoms with Gasteiger partial charge in [0.25, 0.3) is 0 Å². The number of hydrogen-bond acceptors (Lipinski definition) is 3. The summed E-state index contributed by atoms with van der Waals surface area (Å²) in [5.41, 5.74) is 2.37. The van der Waals surface area contributed by atoms with Crippen molar-refractivity contribution in [2.24, 2.45) is 0 Å². The lowest BCUT2D eigenvalue weighted by Gasteiger charge is -2.10. The van der Waals surface area contributed by atoms with E-state index in [-0.39, 0.29) is 6.61 Å². The fourth-order valence-corrected chi connectivity index (χ4v) is 2.24. The second-order valence-corrected chi connectivity index (χ2v) is 4.73. The molecule has 3 nitrogen and oxygen atoms in total. The number of ether oxygens (including phenoxy) is 1. The Morgan fingerprint density at radius 2 is 1.95 bits per heavy atom. The Morgan fingerprint density at radius 1 is 1.10 bits per heavy atom. The molecule has 0 saturated heterocycles. The first-order valence-corrected chi connectivity index (χ1v) is 6.62. The molecule has 0 aliphatic rings. The summed E-state index contributed by atoms with van der Waals surface area (Å²) in [6, 6.07) is 13.9. The topological polar surface area (TPSA) is 42.4 Å². The van der Waals surface area contributed by atoms with Gasteiger partial charge in [-0.15, -0.1) is 0 Å². The van der Waals surface area contributed by atoms with Gasteiger partial charge in [0, 0.05) is 23.2 Å². The molecule has 0 radical (unpaired) electrons. The molecule has 0 spiro atoms. The largest absolute Gasteiger partial charge is 0.489 e. The third-order valence-corrected chi connectivity index (χ3v) is 3.25. The van der Waals surface area contributed by atoms with E-state index in [4.69, 9.17) is 9.84 Å². The second-order valence-electron chi connectivity index (χ2n) is 4.73. The molecule has 3 rings (SSSR count). The van der Waals surface area contributed by atoms with E-state index in [1.165, 1.54) is 12.1 Å². The molecule has 4 heteroatoms. The molecule has 1 heterocycles. The van der Waals surface area contributed by atoms with Gasteiger partial charge in [-0.05, 0) is 29.8 Å². The third kappa shape index (κ3) is 3.01. The minimum atomic E-state index is -0.420. The molecule has 0 saturated carbocycles. The molecular weight excluding hydrogens is 269 g/mol. The minimum Gasteiger partial charge on any atom is -0.489 e. The van der Waals surface area contributed by atoms with Crippen molar-refractivity contribution in [3.63, 3.8) is 0 Å². The van der Waals surface area contributed by atoms with Crippen molar-refractivity contribution in [1.82, 2.24) is 4.98 Å². The number of hydrogen-bond donors (Lipinski definition) is 1. The average Bonchev–Trinajstić information content (AvgIpc) is 2.52. The Labute approximate surface area is 121 Å². The highest BCUT2D eigenvalue weighted by molar-refractivity contribution is 5.81. The molecular formula is C17H14FNO2. The van der Waals surface area contributed by atoms with E-state index in [0.29, 0.717) is 17.9 Å². The highest BCUT2D eigenvalue weighted by Crippen LogP contribution is 2.21. The molecule has 0 fully saturated rings. The Bertz CT molecular complexity index is 768. The highest BCUT2D eigenvalue weighted by atomic mass is 19.1. The van der Waals surface area contributed by atoms with Crippen molar-refractivity contribution in [1.29, 1.82) is 0 Å². The zero-order chi connectivity index (χ0) is 14.7. The summed E-state index contributed by atoms with van der Waals surface area (Å²) >= 11 is 0. The highest BCUT2D eigenvalue weighted by Gasteiger charge is 2.05. The average molecular weight is 283 g/mol. The number of nitrogens with zero attached hydrogens (tertiary/aromatic N) is 1. The number of aromatic nitrogens is 1. The van der Waals surface area contributed by atoms with Crippen LogP contribution in [0.25, 0.3) is 10.9 Å². The maximum atomic E-state index is 13.4. The van der Waals surface area contributed by atoms with Crippen LogP contribution >= 0.6 is 0 Å². The van der Waals surface area contributed by atoms with E-state index in [9.17, 15) is 4.39 Å². The number of aliphatic hydroxyl groups excluding tert-OH is 1. The van der Waals surface area contributed by atoms with Crippen LogP contribution in [-0.2, 0) is 13.2 Å². The van der Waals surface area contributed by atoms with Gasteiger partial charge in [-0.25, -0.2) is 4.39 Å². The van der Waals surface area contributed by atoms with Crippen LogP contribution in [-0.4, -0.2) is 10.1 Å². The Hall–Kier alpha value is -2.46. The summed E-state index contributed by atoms with van der Waals surface area (Å²) in [6.07, 6.45) is 1.73. The molecule has 2 aromatic carbocycles. The van der Waals surface area contributed by atoms with Crippen LogP contribution in [0, 0.1) is 5.82 Å². The van der Waals surface area contributed by atoms with Gasteiger partial charge < -0.3 is 9.84 Å². The van der Waals surface area contributed by atoms with E-state index in [2.05, 4.69) is 4.98 Å². The van der Waals surface area contributed by atoms with Gasteiger partial charge in [0.15, 0.2) is 0 Å². The lowest BCUT2D eigenvalue weighted by molar-refractivity contribution is 0.277. The van der Waals surface area contributed by atoms with Gasteiger partial charge in [-0.3, -0.25) is 4.98 Å². The number of pyridine rings is 1. The van der Waals surface area contributed by atoms with Crippen molar-refractivity contribution in [3.05, 3.63) is 71.7 Å². The zero-order valence-corrected chi connectivity index (χ0v) is 11.3. The number of fused-ring (bicyclic) bond motifs is 1. The van der Waals surface area contributed by atoms with Crippen LogP contribution in [0.15, 0.2) is 54.7 Å². The van der Waals surface area contributed by atoms with Gasteiger partial charge in [0.1, 0.15) is 18.2 Å². The molecule has 0 amide bonds. The van der Waals surface area contributed by atoms with Crippen LogP contribution in [0.4, 0.5) is 4.39 Å². The summed E-state index contributed by atoms with van der Waals surface area (Å²) in [4.78, 5) is 4.29. The van der Waals surface area contributed by atoms with E-state index >= 15 is 0 Å². The molecule has 3 aromatic rings. The third-order valence-electron chi connectivity index (χ3n) is 3.25. The van der Waals surface area contributed by atoms with Crippen molar-refractivity contribution < 1.29 is 14.2 Å². The van der Waals surface area contributed by atoms with Crippen molar-refractivity contribution in [2.45, 2.75) is 13.2 Å². The Kier molecular flexibility index (Phi) is 3.79. The number of rotatable bonds is 4. The number of benzene rings is 2. The molecule has 0 bridgehead atoms. The molecule has 1 aromatic heterocycles. The normalized spacial score (nSPS) is 10.8. The Balaban J connectivity index is 1.85. The van der Waals surface area contributed by atoms with Gasteiger partial charge in [0.2, 0.25) is 0 Å². The first-order chi connectivity index (χ1) is 10.3. The van der Waals surface area contributed by atoms with E-state index in [1.54, 1.807) is 12.3 Å². The summed E-state index contributed by atoms with van der Waals surface area (Å²) < 4.78 is 19.0. The fraction of sp³-hybridized carbons (Fsp3) is 0.118. The molecule has 0 unspecified atom stereocenters. The SMILES string of the molecule is OCc1cc(F)cc(OCc2ccnc3ccccc23)c1. The lowest BCUT2D eigenvalue weighted by Crippen LogP contribution is -1.98. The van der Waals surface area contributed by atoms with Crippen LogP contribution in [0.5, 0.6) is 5.75 Å². The van der Waals surface area contributed by atoms with Crippen LogP contribution in [0.2, 0.25) is 0 Å². The second kappa shape index (κ2) is 5.89. The van der Waals surface area contributed by atoms with E-state index in [1.807, 2.05) is 30.3 Å². The summed E-state index contributed by atoms with van der Waals surface area (Å²) in [6.45, 7) is 0.101. The van der Waals surface area contributed by atoms with E-state index in [0.717, 1.165) is 16.5 Å². The molecule has 0 aliphatic carbocycles. The van der Waals surface area contributed by atoms with Crippen molar-refractivity contribution in [2.75, 3.05) is 0 Å². The minimum absolute atomic E-state index is 0.216. The molecule has 21 heavy (non-hydrogen) atoms. The smallest absolute Gasteiger partial charge is 0.127 e. The van der Waals surface area contributed by atoms with Gasteiger partial charge in [-0.1, -0.05) is 18.2 Å². The Morgan fingerprint density at radius 3 is 2.81 bits per heavy atom. The van der Waals surface area contributed by atoms with Crippen LogP contribution < -0.4 is 4.74 Å². The number of para-hydroxylation sites is 1. The van der Waals surface area contributed by atoms with Gasteiger partial charge in [0.05, 0.1) is 12.1 Å². The van der Waals surface area contributed by atoms with Crippen LogP contribution in [0.3, 0.4) is 0 Å². The summed E-state index contributed by atoms with van der Waals surface area (Å²) in [5, 5.41) is 10.1. The van der Waals surface area contributed by atoms with Gasteiger partial charge >= 0.3 is 0 Å². The lowest BCUT2D eigenvalue weighted by atomic mass is 10.1. The van der Waals surface area contributed by atoms with Crippen molar-refractivity contribution in [3.8, 4) is 5.75 Å². The van der Waals surface area contributed by atoms with Gasteiger partial charge in [-0.2, -0.15) is 0 Å². The summed E-state index contributed by atoms with van der Waals surface area (Å²) in [5.74, 6) is -0.0175. The fourth-order valence-electron chi connectivity index (χ4n) is 2.24. The van der Waals surface area contributed by atoms with Crippen molar-refractivity contribution >= 4 is 10.9 Å². The molecule has 106 valence electrons. The standard InChI is InChI=1S/C17H14FNO2/c18-14-7-12(10-20)8-15(9-14)21-11-13-5-6-19-17-4-2-1-3-16(13)17/h1-9,20H,10-11H2. The first kappa shape index (κ1) is 13.5. The number of aliphatic hydroxyl groups is 1. The molecule has 0 atom stereocenters. The maximum absolute atomic E-state index is 13.4. The zero-order valence-electron chi connectivity index (χ0n) is 11.3.